The third-order valence-electron chi connectivity index (χ3n) is 4.51. The maximum absolute atomic E-state index is 12.1. The van der Waals surface area contributed by atoms with Crippen LogP contribution in [-0.4, -0.2) is 31.8 Å². The van der Waals surface area contributed by atoms with Gasteiger partial charge in [-0.25, -0.2) is 17.9 Å². The van der Waals surface area contributed by atoms with Crippen molar-refractivity contribution in [3.05, 3.63) is 57.3 Å². The molecule has 154 valence electrons. The molecule has 0 saturated heterocycles. The lowest BCUT2D eigenvalue weighted by Gasteiger charge is -2.07. The first kappa shape index (κ1) is 22.6. The minimum absolute atomic E-state index is 0.118. The predicted molar refractivity (Wildman–Crippen MR) is 115 cm³/mol. The summed E-state index contributed by atoms with van der Waals surface area (Å²) < 4.78 is 26.9. The summed E-state index contributed by atoms with van der Waals surface area (Å²) in [6.07, 6.45) is 6.14. The van der Waals surface area contributed by atoms with Gasteiger partial charge in [-0.2, -0.15) is 0 Å². The lowest BCUT2D eigenvalue weighted by atomic mass is 10.0. The normalized spacial score (nSPS) is 11.6. The number of hydrogen-bond acceptors (Lipinski definition) is 4. The molecule has 28 heavy (non-hydrogen) atoms. The Balaban J connectivity index is 1.65. The van der Waals surface area contributed by atoms with E-state index in [0.717, 1.165) is 17.7 Å². The van der Waals surface area contributed by atoms with Crippen LogP contribution in [0.15, 0.2) is 36.4 Å². The lowest BCUT2D eigenvalue weighted by Crippen LogP contribution is -2.27. The highest BCUT2D eigenvalue weighted by Gasteiger charge is 2.10. The van der Waals surface area contributed by atoms with Crippen LogP contribution in [0.25, 0.3) is 0 Å². The summed E-state index contributed by atoms with van der Waals surface area (Å²) in [5.74, 6) is -0.806. The molecule has 0 aliphatic rings. The van der Waals surface area contributed by atoms with Crippen molar-refractivity contribution in [2.45, 2.75) is 51.9 Å². The van der Waals surface area contributed by atoms with Gasteiger partial charge >= 0.3 is 5.97 Å². The van der Waals surface area contributed by atoms with E-state index in [-0.39, 0.29) is 5.75 Å². The summed E-state index contributed by atoms with van der Waals surface area (Å²) in [7, 11) is -3.28. The molecule has 2 N–H and O–H groups in total. The van der Waals surface area contributed by atoms with Gasteiger partial charge in [0, 0.05) is 11.4 Å². The SMILES string of the molecule is CCCCc1ccc(CCCS(=O)(=O)NCCCc2ccc(C(=O)O)s2)cc1. The molecule has 0 unspecified atom stereocenters. The largest absolute Gasteiger partial charge is 0.477 e. The molecular weight excluding hydrogens is 394 g/mol. The zero-order valence-corrected chi connectivity index (χ0v) is 17.9. The summed E-state index contributed by atoms with van der Waals surface area (Å²) in [5.41, 5.74) is 2.50. The van der Waals surface area contributed by atoms with Gasteiger partial charge in [-0.1, -0.05) is 37.6 Å². The van der Waals surface area contributed by atoms with E-state index in [1.165, 1.54) is 35.3 Å². The molecule has 0 atom stereocenters. The predicted octanol–water partition coefficient (Wildman–Crippen LogP) is 4.27. The van der Waals surface area contributed by atoms with Crippen LogP contribution in [0.2, 0.25) is 0 Å². The Hall–Kier alpha value is -1.70. The Morgan fingerprint density at radius 3 is 2.18 bits per heavy atom. The molecule has 0 fully saturated rings. The number of rotatable bonds is 13. The number of aryl methyl sites for hydroxylation is 3. The van der Waals surface area contributed by atoms with Gasteiger partial charge in [0.2, 0.25) is 10.0 Å². The maximum Gasteiger partial charge on any atom is 0.345 e. The molecule has 2 rings (SSSR count). The molecule has 0 radical (unpaired) electrons. The van der Waals surface area contributed by atoms with Crippen LogP contribution in [-0.2, 0) is 29.3 Å². The third-order valence-corrected chi connectivity index (χ3v) is 7.12. The van der Waals surface area contributed by atoms with Crippen LogP contribution in [0, 0.1) is 0 Å². The topological polar surface area (TPSA) is 83.5 Å². The van der Waals surface area contributed by atoms with E-state index in [0.29, 0.717) is 30.7 Å². The Labute approximate surface area is 171 Å². The molecule has 7 heteroatoms. The third kappa shape index (κ3) is 8.12. The minimum atomic E-state index is -3.28. The number of carbonyl (C=O) groups is 1. The van der Waals surface area contributed by atoms with E-state index in [9.17, 15) is 13.2 Å². The first-order chi connectivity index (χ1) is 13.4. The second-order valence-electron chi connectivity index (χ2n) is 6.91. The van der Waals surface area contributed by atoms with Crippen molar-refractivity contribution >= 4 is 27.3 Å². The van der Waals surface area contributed by atoms with Crippen LogP contribution in [0.5, 0.6) is 0 Å². The van der Waals surface area contributed by atoms with Crippen molar-refractivity contribution < 1.29 is 18.3 Å². The number of unbranched alkanes of at least 4 members (excludes halogenated alkanes) is 1. The monoisotopic (exact) mass is 423 g/mol. The number of carboxylic acids is 1. The van der Waals surface area contributed by atoms with Gasteiger partial charge in [-0.15, -0.1) is 11.3 Å². The number of sulfonamides is 1. The van der Waals surface area contributed by atoms with Gasteiger partial charge in [0.1, 0.15) is 4.88 Å². The lowest BCUT2D eigenvalue weighted by molar-refractivity contribution is 0.0702. The molecule has 0 saturated carbocycles. The maximum atomic E-state index is 12.1. The number of aromatic carboxylic acids is 1. The fourth-order valence-corrected chi connectivity index (χ4v) is 4.92. The molecule has 0 amide bonds. The summed E-state index contributed by atoms with van der Waals surface area (Å²) in [5, 5.41) is 8.91. The molecular formula is C21H29NO4S2. The fraction of sp³-hybridized carbons (Fsp3) is 0.476. The van der Waals surface area contributed by atoms with Gasteiger partial charge in [0.25, 0.3) is 0 Å². The first-order valence-corrected chi connectivity index (χ1v) is 12.2. The molecule has 0 bridgehead atoms. The highest BCUT2D eigenvalue weighted by molar-refractivity contribution is 7.89. The Bertz CT molecular complexity index is 842. The molecule has 0 aliphatic heterocycles. The Kier molecular flexibility index (Phi) is 9.15. The van der Waals surface area contributed by atoms with Gasteiger partial charge in [0.05, 0.1) is 5.75 Å². The van der Waals surface area contributed by atoms with Gasteiger partial charge in [-0.05, 0) is 61.8 Å². The van der Waals surface area contributed by atoms with E-state index in [2.05, 4.69) is 35.9 Å². The quantitative estimate of drug-likeness (QED) is 0.471. The van der Waals surface area contributed by atoms with E-state index in [1.807, 2.05) is 0 Å². The molecule has 2 aromatic rings. The summed E-state index contributed by atoms with van der Waals surface area (Å²) in [4.78, 5) is 12.1. The molecule has 1 aromatic heterocycles. The number of carboxylic acid groups (broad SMARTS) is 1. The van der Waals surface area contributed by atoms with E-state index >= 15 is 0 Å². The van der Waals surface area contributed by atoms with Gasteiger partial charge < -0.3 is 5.11 Å². The average Bonchev–Trinajstić information content (AvgIpc) is 3.14. The number of thiophene rings is 1. The van der Waals surface area contributed by atoms with Crippen LogP contribution in [0.1, 0.15) is 58.3 Å². The van der Waals surface area contributed by atoms with Crippen molar-refractivity contribution in [2.75, 3.05) is 12.3 Å². The Morgan fingerprint density at radius 2 is 1.61 bits per heavy atom. The number of nitrogens with one attached hydrogen (secondary N) is 1. The second-order valence-corrected chi connectivity index (χ2v) is 10.0. The summed E-state index contributed by atoms with van der Waals surface area (Å²) in [6, 6.07) is 11.8. The van der Waals surface area contributed by atoms with Gasteiger partial charge in [-0.3, -0.25) is 0 Å². The van der Waals surface area contributed by atoms with E-state index in [4.69, 9.17) is 5.11 Å². The van der Waals surface area contributed by atoms with Crippen LogP contribution >= 0.6 is 11.3 Å². The molecule has 5 nitrogen and oxygen atoms in total. The van der Waals surface area contributed by atoms with Crippen LogP contribution in [0.3, 0.4) is 0 Å². The summed E-state index contributed by atoms with van der Waals surface area (Å²) >= 11 is 1.24. The van der Waals surface area contributed by atoms with Crippen molar-refractivity contribution in [1.29, 1.82) is 0 Å². The van der Waals surface area contributed by atoms with Crippen molar-refractivity contribution in [1.82, 2.24) is 4.72 Å². The smallest absolute Gasteiger partial charge is 0.345 e. The molecule has 1 aromatic carbocycles. The zero-order chi connectivity index (χ0) is 20.4. The molecule has 0 spiro atoms. The number of benzene rings is 1. The second kappa shape index (κ2) is 11.3. The average molecular weight is 424 g/mol. The van der Waals surface area contributed by atoms with Crippen molar-refractivity contribution in [2.24, 2.45) is 0 Å². The van der Waals surface area contributed by atoms with Crippen LogP contribution < -0.4 is 4.72 Å². The number of hydrogen-bond donors (Lipinski definition) is 2. The highest BCUT2D eigenvalue weighted by atomic mass is 32.2. The fourth-order valence-electron chi connectivity index (χ4n) is 2.91. The standard InChI is InChI=1S/C21H29NO4S2/c1-2-3-6-17-9-11-18(12-10-17)7-5-16-28(25,26)22-15-4-8-19-13-14-20(27-19)21(23)24/h9-14,22H,2-8,15-16H2,1H3,(H,23,24). The van der Waals surface area contributed by atoms with Gasteiger partial charge in [0.15, 0.2) is 0 Å². The van der Waals surface area contributed by atoms with E-state index in [1.54, 1.807) is 12.1 Å². The Morgan fingerprint density at radius 1 is 0.964 bits per heavy atom. The highest BCUT2D eigenvalue weighted by Crippen LogP contribution is 2.17. The van der Waals surface area contributed by atoms with Crippen LogP contribution in [0.4, 0.5) is 0 Å². The summed E-state index contributed by atoms with van der Waals surface area (Å²) in [6.45, 7) is 2.55. The van der Waals surface area contributed by atoms with Crippen molar-refractivity contribution in [3.63, 3.8) is 0 Å². The van der Waals surface area contributed by atoms with Crippen molar-refractivity contribution in [3.8, 4) is 0 Å². The van der Waals surface area contributed by atoms with E-state index < -0.39 is 16.0 Å². The zero-order valence-electron chi connectivity index (χ0n) is 16.3. The molecule has 0 aliphatic carbocycles. The molecule has 1 heterocycles. The minimum Gasteiger partial charge on any atom is -0.477 e. The first-order valence-electron chi connectivity index (χ1n) is 9.77.